The molecule has 0 fully saturated rings. The summed E-state index contributed by atoms with van der Waals surface area (Å²) in [5.74, 6) is -0.968. The molecule has 1 N–H and O–H groups in total. The topological polar surface area (TPSA) is 55.1 Å². The van der Waals surface area contributed by atoms with Gasteiger partial charge in [-0.2, -0.15) is 0 Å². The van der Waals surface area contributed by atoms with Crippen molar-refractivity contribution < 1.29 is 14.3 Å². The van der Waals surface area contributed by atoms with Gasteiger partial charge in [-0.05, 0) is 28.1 Å². The zero-order valence-electron chi connectivity index (χ0n) is 9.52. The highest BCUT2D eigenvalue weighted by Gasteiger charge is 2.17. The van der Waals surface area contributed by atoms with E-state index in [1.807, 2.05) is 0 Å². The van der Waals surface area contributed by atoms with Crippen LogP contribution in [0.15, 0.2) is 28.9 Å². The van der Waals surface area contributed by atoms with Crippen molar-refractivity contribution in [3.05, 3.63) is 40.4 Å². The molecule has 1 aromatic heterocycles. The van der Waals surface area contributed by atoms with Crippen molar-refractivity contribution in [3.63, 3.8) is 0 Å². The van der Waals surface area contributed by atoms with Gasteiger partial charge in [0.15, 0.2) is 0 Å². The first-order chi connectivity index (χ1) is 8.50. The third-order valence-corrected chi connectivity index (χ3v) is 3.51. The highest BCUT2D eigenvalue weighted by atomic mass is 79.9. The molecule has 1 aromatic carbocycles. The summed E-state index contributed by atoms with van der Waals surface area (Å²) in [6.07, 6.45) is -0.205. The summed E-state index contributed by atoms with van der Waals surface area (Å²) < 4.78 is 15.8. The monoisotopic (exact) mass is 312 g/mol. The van der Waals surface area contributed by atoms with Crippen LogP contribution in [0.1, 0.15) is 5.69 Å². The maximum absolute atomic E-state index is 13.7. The molecule has 0 aliphatic heterocycles. The molecule has 0 saturated heterocycles. The number of imidazole rings is 1. The van der Waals surface area contributed by atoms with E-state index in [0.29, 0.717) is 21.7 Å². The van der Waals surface area contributed by atoms with E-state index in [1.165, 1.54) is 6.07 Å². The maximum Gasteiger partial charge on any atom is 0.309 e. The first kappa shape index (κ1) is 12.8. The normalized spacial score (nSPS) is 10.6. The number of hydrogen-bond donors (Lipinski definition) is 1. The molecule has 94 valence electrons. The van der Waals surface area contributed by atoms with Gasteiger partial charge in [0.1, 0.15) is 16.2 Å². The number of nitrogens with zero attached hydrogens (tertiary/aromatic N) is 2. The van der Waals surface area contributed by atoms with E-state index in [9.17, 15) is 9.18 Å². The van der Waals surface area contributed by atoms with Crippen molar-refractivity contribution in [1.29, 1.82) is 0 Å². The van der Waals surface area contributed by atoms with Crippen molar-refractivity contribution in [3.8, 4) is 11.4 Å². The van der Waals surface area contributed by atoms with Gasteiger partial charge in [0, 0.05) is 7.05 Å². The Morgan fingerprint density at radius 3 is 2.78 bits per heavy atom. The summed E-state index contributed by atoms with van der Waals surface area (Å²) in [7, 11) is 1.70. The largest absolute Gasteiger partial charge is 0.481 e. The smallest absolute Gasteiger partial charge is 0.309 e. The van der Waals surface area contributed by atoms with E-state index >= 15 is 0 Å². The number of rotatable bonds is 3. The molecule has 2 rings (SSSR count). The molecule has 0 saturated carbocycles. The van der Waals surface area contributed by atoms with Crippen LogP contribution < -0.4 is 0 Å². The molecule has 0 spiro atoms. The number of carbonyl (C=O) groups is 1. The lowest BCUT2D eigenvalue weighted by molar-refractivity contribution is -0.136. The van der Waals surface area contributed by atoms with Crippen molar-refractivity contribution in [2.45, 2.75) is 6.42 Å². The Kier molecular flexibility index (Phi) is 3.47. The summed E-state index contributed by atoms with van der Waals surface area (Å²) in [5, 5.41) is 8.77. The van der Waals surface area contributed by atoms with Crippen molar-refractivity contribution in [1.82, 2.24) is 9.55 Å². The highest BCUT2D eigenvalue weighted by Crippen LogP contribution is 2.27. The van der Waals surface area contributed by atoms with Gasteiger partial charge in [-0.1, -0.05) is 12.1 Å². The van der Waals surface area contributed by atoms with Gasteiger partial charge in [0.25, 0.3) is 0 Å². The van der Waals surface area contributed by atoms with Crippen LogP contribution in [0.2, 0.25) is 0 Å². The standard InChI is InChI=1S/C12H10BrFN2O2/c1-16-11(13)9(6-10(17)18)15-12(16)7-4-2-3-5-8(7)14/h2-5H,6H2,1H3,(H,17,18). The number of carboxylic acid groups (broad SMARTS) is 1. The molecule has 0 aliphatic rings. The number of halogens is 2. The molecule has 0 amide bonds. The van der Waals surface area contributed by atoms with E-state index < -0.39 is 5.97 Å². The zero-order chi connectivity index (χ0) is 13.3. The molecule has 4 nitrogen and oxygen atoms in total. The Hall–Kier alpha value is -1.69. The van der Waals surface area contributed by atoms with E-state index in [4.69, 9.17) is 5.11 Å². The summed E-state index contributed by atoms with van der Waals surface area (Å²) in [5.41, 5.74) is 0.723. The second-order valence-corrected chi connectivity index (χ2v) is 4.53. The molecule has 0 unspecified atom stereocenters. The van der Waals surface area contributed by atoms with E-state index in [1.54, 1.807) is 29.8 Å². The maximum atomic E-state index is 13.7. The van der Waals surface area contributed by atoms with E-state index in [0.717, 1.165) is 0 Å². The number of aromatic nitrogens is 2. The molecule has 0 atom stereocenters. The van der Waals surface area contributed by atoms with Crippen LogP contribution in [0.25, 0.3) is 11.4 Å². The summed E-state index contributed by atoms with van der Waals surface area (Å²) in [6, 6.07) is 6.25. The van der Waals surface area contributed by atoms with Crippen LogP contribution in [0.4, 0.5) is 4.39 Å². The van der Waals surface area contributed by atoms with Crippen LogP contribution in [-0.4, -0.2) is 20.6 Å². The van der Waals surface area contributed by atoms with Gasteiger partial charge >= 0.3 is 5.97 Å². The third kappa shape index (κ3) is 2.28. The lowest BCUT2D eigenvalue weighted by Crippen LogP contribution is -2.01. The molecule has 0 aliphatic carbocycles. The first-order valence-corrected chi connectivity index (χ1v) is 5.97. The third-order valence-electron chi connectivity index (χ3n) is 2.52. The fourth-order valence-electron chi connectivity index (χ4n) is 1.67. The SMILES string of the molecule is Cn1c(-c2ccccc2F)nc(CC(=O)O)c1Br. The molecule has 2 aromatic rings. The van der Waals surface area contributed by atoms with Crippen LogP contribution in [0.5, 0.6) is 0 Å². The fraction of sp³-hybridized carbons (Fsp3) is 0.167. The number of aliphatic carboxylic acids is 1. The van der Waals surface area contributed by atoms with Crippen molar-refractivity contribution in [2.24, 2.45) is 7.05 Å². The Bertz CT molecular complexity index is 610. The Balaban J connectivity index is 2.53. The Morgan fingerprint density at radius 1 is 1.50 bits per heavy atom. The molecule has 0 bridgehead atoms. The lowest BCUT2D eigenvalue weighted by atomic mass is 10.2. The van der Waals surface area contributed by atoms with Gasteiger partial charge < -0.3 is 9.67 Å². The lowest BCUT2D eigenvalue weighted by Gasteiger charge is -2.03. The minimum Gasteiger partial charge on any atom is -0.481 e. The summed E-state index contributed by atoms with van der Waals surface area (Å²) in [4.78, 5) is 14.9. The van der Waals surface area contributed by atoms with Crippen LogP contribution in [-0.2, 0) is 18.3 Å². The van der Waals surface area contributed by atoms with Gasteiger partial charge in [-0.25, -0.2) is 9.37 Å². The van der Waals surface area contributed by atoms with E-state index in [-0.39, 0.29) is 12.2 Å². The second kappa shape index (κ2) is 4.89. The average Bonchev–Trinajstić information content (AvgIpc) is 2.58. The minimum atomic E-state index is -0.978. The zero-order valence-corrected chi connectivity index (χ0v) is 11.1. The van der Waals surface area contributed by atoms with Gasteiger partial charge in [0.2, 0.25) is 0 Å². The molecule has 0 radical (unpaired) electrons. The summed E-state index contributed by atoms with van der Waals surface area (Å²) >= 11 is 3.27. The molecule has 1 heterocycles. The quantitative estimate of drug-likeness (QED) is 0.948. The average molecular weight is 313 g/mol. The Morgan fingerprint density at radius 2 is 2.17 bits per heavy atom. The number of carboxylic acids is 1. The predicted molar refractivity (Wildman–Crippen MR) is 67.6 cm³/mol. The predicted octanol–water partition coefficient (Wildman–Crippen LogP) is 2.62. The van der Waals surface area contributed by atoms with E-state index in [2.05, 4.69) is 20.9 Å². The summed E-state index contributed by atoms with van der Waals surface area (Å²) in [6.45, 7) is 0. The molecule has 6 heteroatoms. The van der Waals surface area contributed by atoms with Gasteiger partial charge in [0.05, 0.1) is 17.7 Å². The molecule has 18 heavy (non-hydrogen) atoms. The first-order valence-electron chi connectivity index (χ1n) is 5.18. The Labute approximate surface area is 111 Å². The van der Waals surface area contributed by atoms with Gasteiger partial charge in [-0.3, -0.25) is 4.79 Å². The minimum absolute atomic E-state index is 0.205. The number of hydrogen-bond acceptors (Lipinski definition) is 2. The molecular weight excluding hydrogens is 303 g/mol. The number of benzene rings is 1. The molecular formula is C12H10BrFN2O2. The fourth-order valence-corrected chi connectivity index (χ4v) is 2.07. The van der Waals surface area contributed by atoms with Gasteiger partial charge in [-0.15, -0.1) is 0 Å². The highest BCUT2D eigenvalue weighted by molar-refractivity contribution is 9.10. The van der Waals surface area contributed by atoms with Crippen LogP contribution in [0, 0.1) is 5.82 Å². The van der Waals surface area contributed by atoms with Crippen molar-refractivity contribution >= 4 is 21.9 Å². The van der Waals surface area contributed by atoms with Crippen LogP contribution >= 0.6 is 15.9 Å². The van der Waals surface area contributed by atoms with Crippen molar-refractivity contribution in [2.75, 3.05) is 0 Å². The van der Waals surface area contributed by atoms with Crippen LogP contribution in [0.3, 0.4) is 0 Å². The second-order valence-electron chi connectivity index (χ2n) is 3.78.